The van der Waals surface area contributed by atoms with Crippen molar-refractivity contribution in [2.75, 3.05) is 33.3 Å². The molecule has 1 aromatic carbocycles. The molecule has 2 N–H and O–H groups in total. The number of aromatic hydroxyl groups is 1. The van der Waals surface area contributed by atoms with Crippen LogP contribution in [0.15, 0.2) is 53.2 Å². The molecule has 0 radical (unpaired) electrons. The topological polar surface area (TPSA) is 98.2 Å². The lowest BCUT2D eigenvalue weighted by Gasteiger charge is -2.18. The Labute approximate surface area is 200 Å². The lowest BCUT2D eigenvalue weighted by molar-refractivity contribution is -0.123. The second-order valence-corrected chi connectivity index (χ2v) is 7.71. The third kappa shape index (κ3) is 4.90. The number of phenols is 1. The molecular formula is C26H32N4O4. The highest BCUT2D eigenvalue weighted by atomic mass is 16.5. The first kappa shape index (κ1) is 24.8. The number of rotatable bonds is 9. The van der Waals surface area contributed by atoms with Crippen molar-refractivity contribution >= 4 is 23.1 Å². The van der Waals surface area contributed by atoms with Crippen LogP contribution in [0.3, 0.4) is 0 Å². The number of methoxy groups -OCH3 is 1. The molecule has 1 aromatic heterocycles. The Bertz CT molecular complexity index is 1150. The molecule has 0 fully saturated rings. The molecule has 1 aliphatic heterocycles. The second-order valence-electron chi connectivity index (χ2n) is 7.71. The summed E-state index contributed by atoms with van der Waals surface area (Å²) in [5, 5.41) is 10.7. The van der Waals surface area contributed by atoms with Gasteiger partial charge in [-0.25, -0.2) is 4.99 Å². The van der Waals surface area contributed by atoms with E-state index in [-0.39, 0.29) is 17.6 Å². The first-order valence-electron chi connectivity index (χ1n) is 11.5. The first-order chi connectivity index (χ1) is 16.4. The van der Waals surface area contributed by atoms with Gasteiger partial charge in [-0.15, -0.1) is 0 Å². The number of aliphatic imine (C=N–C) groups is 1. The Kier molecular flexibility index (Phi) is 7.94. The number of hydrogen-bond donors (Lipinski definition) is 2. The molecule has 0 saturated carbocycles. The molecule has 0 bridgehead atoms. The first-order valence-corrected chi connectivity index (χ1v) is 11.5. The highest BCUT2D eigenvalue weighted by molar-refractivity contribution is 6.44. The molecule has 2 amide bonds. The Morgan fingerprint density at radius 3 is 2.15 bits per heavy atom. The van der Waals surface area contributed by atoms with Crippen LogP contribution in [0.1, 0.15) is 49.4 Å². The van der Waals surface area contributed by atoms with Crippen molar-refractivity contribution in [3.63, 3.8) is 0 Å². The number of nitrogens with zero attached hydrogens (tertiary/aromatic N) is 3. The summed E-state index contributed by atoms with van der Waals surface area (Å²) in [5.74, 6) is 0.316. The molecule has 3 rings (SSSR count). The van der Waals surface area contributed by atoms with E-state index in [4.69, 9.17) is 4.74 Å². The van der Waals surface area contributed by atoms with Crippen LogP contribution in [0, 0.1) is 0 Å². The van der Waals surface area contributed by atoms with Gasteiger partial charge in [-0.2, -0.15) is 0 Å². The van der Waals surface area contributed by atoms with Crippen LogP contribution in [0.5, 0.6) is 11.5 Å². The summed E-state index contributed by atoms with van der Waals surface area (Å²) in [7, 11) is 1.55. The van der Waals surface area contributed by atoms with Crippen LogP contribution in [-0.4, -0.2) is 70.7 Å². The number of phenolic OH excluding ortho intramolecular Hbond substituents is 1. The van der Waals surface area contributed by atoms with Crippen molar-refractivity contribution in [1.29, 1.82) is 0 Å². The maximum atomic E-state index is 12.9. The van der Waals surface area contributed by atoms with E-state index in [2.05, 4.69) is 9.98 Å². The van der Waals surface area contributed by atoms with Gasteiger partial charge >= 0.3 is 0 Å². The predicted molar refractivity (Wildman–Crippen MR) is 133 cm³/mol. The Hall–Kier alpha value is -3.81. The summed E-state index contributed by atoms with van der Waals surface area (Å²) in [5.41, 5.74) is 2.90. The standard InChI is InChI=1S/C26H32N4O4/c1-6-29(7-2)25(32)21-13-11-19(27-21)24(18-16-17(34-5)10-15-23(18)31)20-12-14-22(28-20)26(33)30(8-3)9-4/h10-16,27,31H,6-9H2,1-5H3/b24-20-. The van der Waals surface area contributed by atoms with Crippen molar-refractivity contribution in [2.45, 2.75) is 27.7 Å². The molecule has 0 aliphatic carbocycles. The lowest BCUT2D eigenvalue weighted by atomic mass is 9.99. The molecule has 1 aliphatic rings. The Morgan fingerprint density at radius 2 is 1.53 bits per heavy atom. The highest BCUT2D eigenvalue weighted by Crippen LogP contribution is 2.37. The average Bonchev–Trinajstić information content (AvgIpc) is 3.53. The average molecular weight is 465 g/mol. The SMILES string of the molecule is CCN(CC)C(=O)C1=N/C(=C(\c2ccc(C(=O)N(CC)CC)[nH]2)c2cc(OC)ccc2O)C=C1. The van der Waals surface area contributed by atoms with Crippen LogP contribution < -0.4 is 4.74 Å². The minimum Gasteiger partial charge on any atom is -0.507 e. The normalized spacial score (nSPS) is 14.1. The van der Waals surface area contributed by atoms with Crippen molar-refractivity contribution in [3.8, 4) is 11.5 Å². The van der Waals surface area contributed by atoms with Crippen LogP contribution in [0.2, 0.25) is 0 Å². The van der Waals surface area contributed by atoms with Crippen LogP contribution >= 0.6 is 0 Å². The quantitative estimate of drug-likeness (QED) is 0.589. The van der Waals surface area contributed by atoms with Crippen molar-refractivity contribution in [3.05, 3.63) is 65.1 Å². The Morgan fingerprint density at radius 1 is 0.912 bits per heavy atom. The molecule has 180 valence electrons. The largest absolute Gasteiger partial charge is 0.507 e. The summed E-state index contributed by atoms with van der Waals surface area (Å²) in [6.45, 7) is 10.1. The van der Waals surface area contributed by atoms with E-state index in [0.717, 1.165) is 0 Å². The summed E-state index contributed by atoms with van der Waals surface area (Å²) in [6, 6.07) is 8.42. The van der Waals surface area contributed by atoms with E-state index in [1.165, 1.54) is 0 Å². The number of hydrogen-bond acceptors (Lipinski definition) is 5. The zero-order valence-corrected chi connectivity index (χ0v) is 20.4. The van der Waals surface area contributed by atoms with Crippen LogP contribution in [0.4, 0.5) is 0 Å². The number of carbonyl (C=O) groups is 2. The maximum absolute atomic E-state index is 12.9. The zero-order valence-electron chi connectivity index (χ0n) is 20.4. The van der Waals surface area contributed by atoms with Crippen LogP contribution in [0.25, 0.3) is 5.57 Å². The molecule has 34 heavy (non-hydrogen) atoms. The monoisotopic (exact) mass is 464 g/mol. The molecule has 0 atom stereocenters. The number of benzene rings is 1. The minimum atomic E-state index is -0.158. The number of ether oxygens (including phenoxy) is 1. The van der Waals surface area contributed by atoms with Gasteiger partial charge < -0.3 is 24.6 Å². The van der Waals surface area contributed by atoms with E-state index >= 15 is 0 Å². The van der Waals surface area contributed by atoms with Gasteiger partial charge in [0.25, 0.3) is 11.8 Å². The van der Waals surface area contributed by atoms with Gasteiger partial charge in [-0.1, -0.05) is 0 Å². The van der Waals surface area contributed by atoms with Crippen molar-refractivity contribution in [2.24, 2.45) is 4.99 Å². The second kappa shape index (κ2) is 10.9. The van der Waals surface area contributed by atoms with Gasteiger partial charge in [0.15, 0.2) is 0 Å². The maximum Gasteiger partial charge on any atom is 0.272 e. The van der Waals surface area contributed by atoms with Crippen LogP contribution in [-0.2, 0) is 4.79 Å². The van der Waals surface area contributed by atoms with Gasteiger partial charge in [0.2, 0.25) is 0 Å². The van der Waals surface area contributed by atoms with Gasteiger partial charge in [-0.3, -0.25) is 9.59 Å². The molecule has 2 heterocycles. The molecule has 0 unspecified atom stereocenters. The highest BCUT2D eigenvalue weighted by Gasteiger charge is 2.24. The number of aromatic nitrogens is 1. The number of aromatic amines is 1. The third-order valence-corrected chi connectivity index (χ3v) is 5.88. The smallest absolute Gasteiger partial charge is 0.272 e. The van der Waals surface area contributed by atoms with Gasteiger partial charge in [0, 0.05) is 43.0 Å². The van der Waals surface area contributed by atoms with Gasteiger partial charge in [0.1, 0.15) is 22.9 Å². The number of nitrogens with one attached hydrogen (secondary N) is 1. The van der Waals surface area contributed by atoms with E-state index in [1.54, 1.807) is 59.4 Å². The fourth-order valence-electron chi connectivity index (χ4n) is 3.90. The number of carbonyl (C=O) groups excluding carboxylic acids is 2. The third-order valence-electron chi connectivity index (χ3n) is 5.88. The van der Waals surface area contributed by atoms with Crippen molar-refractivity contribution in [1.82, 2.24) is 14.8 Å². The fraction of sp³-hybridized carbons (Fsp3) is 0.346. The van der Waals surface area contributed by atoms with E-state index in [9.17, 15) is 14.7 Å². The summed E-state index contributed by atoms with van der Waals surface area (Å²) >= 11 is 0. The van der Waals surface area contributed by atoms with Gasteiger partial charge in [0.05, 0.1) is 12.8 Å². The molecular weight excluding hydrogens is 432 g/mol. The summed E-state index contributed by atoms with van der Waals surface area (Å²) < 4.78 is 5.36. The molecule has 8 nitrogen and oxygen atoms in total. The predicted octanol–water partition coefficient (Wildman–Crippen LogP) is 3.85. The van der Waals surface area contributed by atoms with E-state index in [1.807, 2.05) is 27.7 Å². The minimum absolute atomic E-state index is 0.0293. The number of amides is 2. The number of H-pyrrole nitrogens is 1. The summed E-state index contributed by atoms with van der Waals surface area (Å²) in [6.07, 6.45) is 3.43. The molecule has 8 heteroatoms. The lowest BCUT2D eigenvalue weighted by Crippen LogP contribution is -2.35. The summed E-state index contributed by atoms with van der Waals surface area (Å²) in [4.78, 5) is 36.9. The number of allylic oxidation sites excluding steroid dienone is 1. The Balaban J connectivity index is 2.16. The van der Waals surface area contributed by atoms with E-state index < -0.39 is 0 Å². The van der Waals surface area contributed by atoms with Gasteiger partial charge in [-0.05, 0) is 70.2 Å². The van der Waals surface area contributed by atoms with E-state index in [0.29, 0.717) is 65.9 Å². The molecule has 0 saturated heterocycles. The molecule has 2 aromatic rings. The zero-order chi connectivity index (χ0) is 24.8. The van der Waals surface area contributed by atoms with Crippen molar-refractivity contribution < 1.29 is 19.4 Å². The fourth-order valence-corrected chi connectivity index (χ4v) is 3.90. The molecule has 0 spiro atoms.